The molecule has 3 nitrogen and oxygen atoms in total. The molecule has 0 amide bonds. The lowest BCUT2D eigenvalue weighted by Gasteiger charge is -2.44. The Kier molecular flexibility index (Phi) is 3.92. The Labute approximate surface area is 111 Å². The summed E-state index contributed by atoms with van der Waals surface area (Å²) in [7, 11) is 0. The van der Waals surface area contributed by atoms with Gasteiger partial charge in [0.15, 0.2) is 0 Å². The van der Waals surface area contributed by atoms with Crippen LogP contribution in [0.3, 0.4) is 0 Å². The Morgan fingerprint density at radius 2 is 2.11 bits per heavy atom. The number of hydrogen-bond donors (Lipinski definition) is 2. The lowest BCUT2D eigenvalue weighted by Crippen LogP contribution is -2.59. The van der Waals surface area contributed by atoms with E-state index in [9.17, 15) is 0 Å². The Bertz CT molecular complexity index is 277. The van der Waals surface area contributed by atoms with Gasteiger partial charge in [0.1, 0.15) is 0 Å². The first-order chi connectivity index (χ1) is 8.81. The van der Waals surface area contributed by atoms with E-state index < -0.39 is 0 Å². The molecule has 2 atom stereocenters. The third-order valence-corrected chi connectivity index (χ3v) is 5.38. The molecular formula is C15H29N3. The van der Waals surface area contributed by atoms with Crippen molar-refractivity contribution in [1.29, 1.82) is 0 Å². The predicted molar refractivity (Wildman–Crippen MR) is 75.6 cm³/mol. The van der Waals surface area contributed by atoms with Crippen molar-refractivity contribution in [2.24, 2.45) is 11.7 Å². The monoisotopic (exact) mass is 251 g/mol. The molecule has 0 aromatic carbocycles. The fraction of sp³-hybridized carbons (Fsp3) is 1.00. The minimum Gasteiger partial charge on any atom is -0.329 e. The summed E-state index contributed by atoms with van der Waals surface area (Å²) in [5.41, 5.74) is 6.35. The van der Waals surface area contributed by atoms with E-state index in [2.05, 4.69) is 10.2 Å². The molecule has 2 heterocycles. The van der Waals surface area contributed by atoms with Gasteiger partial charge in [-0.05, 0) is 57.5 Å². The average Bonchev–Trinajstić information content (AvgIpc) is 3.11. The van der Waals surface area contributed by atoms with Crippen LogP contribution >= 0.6 is 0 Å². The standard InChI is InChI=1S/C15H29N3/c16-12-15(17-8-1-3-13-5-6-13)7-10-18-9-2-4-14(18)11-15/h13-14,17H,1-12,16H2. The number of nitrogens with one attached hydrogen (secondary N) is 1. The molecule has 2 unspecified atom stereocenters. The normalized spacial score (nSPS) is 36.8. The molecule has 0 bridgehead atoms. The van der Waals surface area contributed by atoms with Gasteiger partial charge in [-0.2, -0.15) is 0 Å². The van der Waals surface area contributed by atoms with Gasteiger partial charge in [-0.25, -0.2) is 0 Å². The van der Waals surface area contributed by atoms with Gasteiger partial charge in [-0.1, -0.05) is 12.8 Å². The second-order valence-corrected chi connectivity index (χ2v) is 6.78. The quantitative estimate of drug-likeness (QED) is 0.706. The topological polar surface area (TPSA) is 41.3 Å². The summed E-state index contributed by atoms with van der Waals surface area (Å²) in [6, 6.07) is 0.818. The van der Waals surface area contributed by atoms with Gasteiger partial charge >= 0.3 is 0 Å². The maximum Gasteiger partial charge on any atom is 0.0331 e. The zero-order valence-electron chi connectivity index (χ0n) is 11.7. The fourth-order valence-electron chi connectivity index (χ4n) is 3.90. The molecule has 0 aromatic rings. The number of fused-ring (bicyclic) bond motifs is 1. The Morgan fingerprint density at radius 3 is 2.89 bits per heavy atom. The molecule has 2 saturated heterocycles. The number of nitrogens with two attached hydrogens (primary N) is 1. The largest absolute Gasteiger partial charge is 0.329 e. The zero-order valence-corrected chi connectivity index (χ0v) is 11.7. The highest BCUT2D eigenvalue weighted by molar-refractivity contribution is 5.00. The van der Waals surface area contributed by atoms with Gasteiger partial charge < -0.3 is 16.0 Å². The number of piperidine rings is 1. The molecule has 0 aromatic heterocycles. The van der Waals surface area contributed by atoms with Crippen molar-refractivity contribution in [3.63, 3.8) is 0 Å². The first kappa shape index (κ1) is 12.9. The van der Waals surface area contributed by atoms with Gasteiger partial charge in [0.05, 0.1) is 0 Å². The van der Waals surface area contributed by atoms with Crippen LogP contribution in [-0.2, 0) is 0 Å². The average molecular weight is 251 g/mol. The highest BCUT2D eigenvalue weighted by Gasteiger charge is 2.40. The van der Waals surface area contributed by atoms with Crippen LogP contribution in [0.25, 0.3) is 0 Å². The summed E-state index contributed by atoms with van der Waals surface area (Å²) in [5, 5.41) is 3.83. The second-order valence-electron chi connectivity index (χ2n) is 6.78. The molecule has 3 aliphatic rings. The predicted octanol–water partition coefficient (Wildman–Crippen LogP) is 1.72. The summed E-state index contributed by atoms with van der Waals surface area (Å²) in [6.07, 6.45) is 11.1. The van der Waals surface area contributed by atoms with E-state index in [4.69, 9.17) is 5.73 Å². The van der Waals surface area contributed by atoms with Crippen molar-refractivity contribution in [3.8, 4) is 0 Å². The summed E-state index contributed by atoms with van der Waals surface area (Å²) in [6.45, 7) is 4.59. The summed E-state index contributed by atoms with van der Waals surface area (Å²) < 4.78 is 0. The molecule has 3 heteroatoms. The van der Waals surface area contributed by atoms with E-state index >= 15 is 0 Å². The molecule has 0 spiro atoms. The smallest absolute Gasteiger partial charge is 0.0331 e. The van der Waals surface area contributed by atoms with Crippen molar-refractivity contribution < 1.29 is 0 Å². The zero-order chi connectivity index (χ0) is 12.4. The van der Waals surface area contributed by atoms with Crippen LogP contribution in [-0.4, -0.2) is 42.7 Å². The van der Waals surface area contributed by atoms with Crippen molar-refractivity contribution in [1.82, 2.24) is 10.2 Å². The molecule has 2 aliphatic heterocycles. The maximum absolute atomic E-state index is 6.09. The van der Waals surface area contributed by atoms with Gasteiger partial charge in [0.25, 0.3) is 0 Å². The van der Waals surface area contributed by atoms with Gasteiger partial charge in [-0.3, -0.25) is 0 Å². The summed E-state index contributed by atoms with van der Waals surface area (Å²) in [4.78, 5) is 2.68. The molecule has 0 radical (unpaired) electrons. The van der Waals surface area contributed by atoms with E-state index in [1.54, 1.807) is 0 Å². The van der Waals surface area contributed by atoms with Crippen molar-refractivity contribution >= 4 is 0 Å². The molecule has 3 N–H and O–H groups in total. The molecule has 1 saturated carbocycles. The maximum atomic E-state index is 6.09. The summed E-state index contributed by atoms with van der Waals surface area (Å²) >= 11 is 0. The highest BCUT2D eigenvalue weighted by Crippen LogP contribution is 2.34. The van der Waals surface area contributed by atoms with Crippen LogP contribution in [0.1, 0.15) is 51.4 Å². The highest BCUT2D eigenvalue weighted by atomic mass is 15.2. The number of rotatable bonds is 6. The third-order valence-electron chi connectivity index (χ3n) is 5.38. The second kappa shape index (κ2) is 5.48. The first-order valence-corrected chi connectivity index (χ1v) is 8.00. The van der Waals surface area contributed by atoms with Crippen LogP contribution in [0.15, 0.2) is 0 Å². The van der Waals surface area contributed by atoms with E-state index in [0.717, 1.165) is 18.5 Å². The van der Waals surface area contributed by atoms with Crippen LogP contribution in [0.4, 0.5) is 0 Å². The van der Waals surface area contributed by atoms with Crippen LogP contribution in [0.5, 0.6) is 0 Å². The van der Waals surface area contributed by atoms with Crippen LogP contribution in [0, 0.1) is 5.92 Å². The Hall–Kier alpha value is -0.120. The lowest BCUT2D eigenvalue weighted by molar-refractivity contribution is 0.110. The lowest BCUT2D eigenvalue weighted by atomic mass is 9.83. The van der Waals surface area contributed by atoms with E-state index in [1.807, 2.05) is 0 Å². The third kappa shape index (κ3) is 2.89. The van der Waals surface area contributed by atoms with Gasteiger partial charge in [0.2, 0.25) is 0 Å². The Balaban J connectivity index is 1.46. The number of nitrogens with zero attached hydrogens (tertiary/aromatic N) is 1. The molecule has 18 heavy (non-hydrogen) atoms. The van der Waals surface area contributed by atoms with E-state index in [-0.39, 0.29) is 5.54 Å². The van der Waals surface area contributed by atoms with Crippen LogP contribution < -0.4 is 11.1 Å². The van der Waals surface area contributed by atoms with E-state index in [1.165, 1.54) is 71.0 Å². The minimum atomic E-state index is 0.259. The molecular weight excluding hydrogens is 222 g/mol. The van der Waals surface area contributed by atoms with E-state index in [0.29, 0.717) is 0 Å². The van der Waals surface area contributed by atoms with Crippen molar-refractivity contribution in [2.75, 3.05) is 26.2 Å². The van der Waals surface area contributed by atoms with Crippen LogP contribution in [0.2, 0.25) is 0 Å². The molecule has 104 valence electrons. The van der Waals surface area contributed by atoms with Crippen molar-refractivity contribution in [3.05, 3.63) is 0 Å². The van der Waals surface area contributed by atoms with Crippen molar-refractivity contribution in [2.45, 2.75) is 62.9 Å². The molecule has 3 rings (SSSR count). The SMILES string of the molecule is NCC1(NCCCC2CC2)CCN2CCCC2C1. The molecule has 3 fully saturated rings. The fourth-order valence-corrected chi connectivity index (χ4v) is 3.90. The van der Waals surface area contributed by atoms with Gasteiger partial charge in [-0.15, -0.1) is 0 Å². The molecule has 1 aliphatic carbocycles. The first-order valence-electron chi connectivity index (χ1n) is 8.00. The summed E-state index contributed by atoms with van der Waals surface area (Å²) in [5.74, 6) is 1.07. The minimum absolute atomic E-state index is 0.259. The van der Waals surface area contributed by atoms with Gasteiger partial charge in [0, 0.05) is 24.7 Å². The number of hydrogen-bond acceptors (Lipinski definition) is 3. The Morgan fingerprint density at radius 1 is 1.22 bits per heavy atom.